The molecule has 1 unspecified atom stereocenters. The summed E-state index contributed by atoms with van der Waals surface area (Å²) in [6, 6.07) is -0.174. The van der Waals surface area contributed by atoms with Gasteiger partial charge in [-0.15, -0.1) is 0 Å². The molecule has 4 N–H and O–H groups in total. The molecule has 5 nitrogen and oxygen atoms in total. The highest BCUT2D eigenvalue weighted by molar-refractivity contribution is 5.46. The summed E-state index contributed by atoms with van der Waals surface area (Å²) >= 11 is 0. The third-order valence-electron chi connectivity index (χ3n) is 1.65. The first-order valence-electron chi connectivity index (χ1n) is 4.97. The van der Waals surface area contributed by atoms with Crippen LogP contribution in [0.25, 0.3) is 0 Å². The van der Waals surface area contributed by atoms with Gasteiger partial charge in [0.25, 0.3) is 0 Å². The summed E-state index contributed by atoms with van der Waals surface area (Å²) in [4.78, 5) is 9.79. The molecule has 0 heterocycles. The van der Waals surface area contributed by atoms with Crippen molar-refractivity contribution in [1.29, 1.82) is 0 Å². The Labute approximate surface area is 92.0 Å². The van der Waals surface area contributed by atoms with Crippen molar-refractivity contribution >= 4 is 6.41 Å². The first-order valence-corrected chi connectivity index (χ1v) is 4.97. The minimum atomic E-state index is -0.174. The van der Waals surface area contributed by atoms with Crippen molar-refractivity contribution in [3.63, 3.8) is 0 Å². The molecule has 0 bridgehead atoms. The van der Waals surface area contributed by atoms with Crippen LogP contribution in [0.2, 0.25) is 0 Å². The minimum Gasteiger partial charge on any atom is -0.394 e. The quantitative estimate of drug-likeness (QED) is 0.564. The number of carbonyl (C=O) groups is 1. The average Bonchev–Trinajstić information content (AvgIpc) is 2.17. The fraction of sp³-hybridized carbons (Fsp3) is 0.900. The summed E-state index contributed by atoms with van der Waals surface area (Å²) < 4.78 is 4.94. The number of nitrogens with two attached hydrogens (primary N) is 1. The van der Waals surface area contributed by atoms with E-state index in [0.717, 1.165) is 0 Å². The number of amides is 1. The summed E-state index contributed by atoms with van der Waals surface area (Å²) in [5.41, 5.74) is 5.21. The van der Waals surface area contributed by atoms with Crippen molar-refractivity contribution in [3.05, 3.63) is 0 Å². The Morgan fingerprint density at radius 3 is 2.20 bits per heavy atom. The molecule has 0 rings (SSSR count). The Balaban J connectivity index is 0. The molecule has 92 valence electrons. The summed E-state index contributed by atoms with van der Waals surface area (Å²) in [5, 5.41) is 10.9. The van der Waals surface area contributed by atoms with E-state index in [9.17, 15) is 4.79 Å². The molecule has 0 aliphatic heterocycles. The standard InChI is InChI=1S/C5H12N2O2.C5H12O/c6-2-1-5(3-8)7-4-9;1-5(2,3)6-4/h4-5,8H,1-3,6H2,(H,7,9);1-4H3. The lowest BCUT2D eigenvalue weighted by atomic mass is 10.2. The highest BCUT2D eigenvalue weighted by Gasteiger charge is 2.04. The van der Waals surface area contributed by atoms with Gasteiger partial charge in [0.1, 0.15) is 0 Å². The Morgan fingerprint density at radius 1 is 1.53 bits per heavy atom. The number of hydrogen-bond acceptors (Lipinski definition) is 4. The Bertz CT molecular complexity index is 146. The molecule has 5 heteroatoms. The van der Waals surface area contributed by atoms with E-state index in [1.165, 1.54) is 0 Å². The molecular weight excluding hydrogens is 196 g/mol. The van der Waals surface area contributed by atoms with E-state index in [2.05, 4.69) is 5.32 Å². The molecule has 1 amide bonds. The van der Waals surface area contributed by atoms with Crippen LogP contribution < -0.4 is 11.1 Å². The van der Waals surface area contributed by atoms with Crippen LogP contribution in [0, 0.1) is 0 Å². The number of hydrogen-bond donors (Lipinski definition) is 3. The molecule has 15 heavy (non-hydrogen) atoms. The highest BCUT2D eigenvalue weighted by Crippen LogP contribution is 2.02. The fourth-order valence-electron chi connectivity index (χ4n) is 0.525. The Morgan fingerprint density at radius 2 is 2.00 bits per heavy atom. The first-order chi connectivity index (χ1) is 6.91. The Hall–Kier alpha value is -0.650. The van der Waals surface area contributed by atoms with Crippen molar-refractivity contribution in [2.24, 2.45) is 5.73 Å². The van der Waals surface area contributed by atoms with Crippen LogP contribution in [0.4, 0.5) is 0 Å². The van der Waals surface area contributed by atoms with Gasteiger partial charge in [-0.3, -0.25) is 4.79 Å². The topological polar surface area (TPSA) is 84.6 Å². The number of aliphatic hydroxyl groups excluding tert-OH is 1. The minimum absolute atomic E-state index is 0.0417. The van der Waals surface area contributed by atoms with Crippen molar-refractivity contribution in [2.45, 2.75) is 38.8 Å². The molecule has 0 aliphatic carbocycles. The van der Waals surface area contributed by atoms with Gasteiger partial charge in [0.15, 0.2) is 0 Å². The van der Waals surface area contributed by atoms with E-state index in [1.807, 2.05) is 20.8 Å². The maximum absolute atomic E-state index is 9.79. The predicted octanol–water partition coefficient (Wildman–Crippen LogP) is -0.127. The van der Waals surface area contributed by atoms with Crippen molar-refractivity contribution in [2.75, 3.05) is 20.3 Å². The second-order valence-corrected chi connectivity index (χ2v) is 4.06. The van der Waals surface area contributed by atoms with Gasteiger partial charge in [-0.1, -0.05) is 0 Å². The number of ether oxygens (including phenoxy) is 1. The van der Waals surface area contributed by atoms with Crippen LogP contribution in [0.3, 0.4) is 0 Å². The van der Waals surface area contributed by atoms with Gasteiger partial charge in [0.05, 0.1) is 18.2 Å². The lowest BCUT2D eigenvalue weighted by molar-refractivity contribution is -0.110. The van der Waals surface area contributed by atoms with Gasteiger partial charge in [0.2, 0.25) is 6.41 Å². The molecule has 0 aromatic carbocycles. The monoisotopic (exact) mass is 220 g/mol. The molecular formula is C10H24N2O3. The highest BCUT2D eigenvalue weighted by atomic mass is 16.5. The zero-order valence-corrected chi connectivity index (χ0v) is 10.1. The number of rotatable bonds is 5. The molecule has 0 spiro atoms. The summed E-state index contributed by atoms with van der Waals surface area (Å²) in [7, 11) is 1.71. The summed E-state index contributed by atoms with van der Waals surface area (Å²) in [6.07, 6.45) is 1.19. The van der Waals surface area contributed by atoms with E-state index in [-0.39, 0.29) is 18.2 Å². The van der Waals surface area contributed by atoms with E-state index >= 15 is 0 Å². The second-order valence-electron chi connectivity index (χ2n) is 4.06. The van der Waals surface area contributed by atoms with Gasteiger partial charge in [-0.2, -0.15) is 0 Å². The van der Waals surface area contributed by atoms with E-state index in [1.54, 1.807) is 7.11 Å². The maximum atomic E-state index is 9.79. The largest absolute Gasteiger partial charge is 0.394 e. The molecule has 0 saturated carbocycles. The summed E-state index contributed by atoms with van der Waals surface area (Å²) in [6.45, 7) is 6.50. The molecule has 0 saturated heterocycles. The second kappa shape index (κ2) is 9.89. The van der Waals surface area contributed by atoms with Gasteiger partial charge in [0, 0.05) is 7.11 Å². The predicted molar refractivity (Wildman–Crippen MR) is 60.5 cm³/mol. The van der Waals surface area contributed by atoms with Crippen molar-refractivity contribution < 1.29 is 14.6 Å². The number of nitrogens with one attached hydrogen (secondary N) is 1. The molecule has 0 aliphatic rings. The number of carbonyl (C=O) groups excluding carboxylic acids is 1. The van der Waals surface area contributed by atoms with E-state index in [4.69, 9.17) is 15.6 Å². The molecule has 0 aromatic rings. The Kier molecular flexibility index (Phi) is 11.1. The fourth-order valence-corrected chi connectivity index (χ4v) is 0.525. The lowest BCUT2D eigenvalue weighted by Crippen LogP contribution is -2.33. The van der Waals surface area contributed by atoms with Gasteiger partial charge in [-0.25, -0.2) is 0 Å². The van der Waals surface area contributed by atoms with Crippen LogP contribution in [0.5, 0.6) is 0 Å². The van der Waals surface area contributed by atoms with Crippen molar-refractivity contribution in [3.8, 4) is 0 Å². The van der Waals surface area contributed by atoms with Crippen LogP contribution >= 0.6 is 0 Å². The van der Waals surface area contributed by atoms with Crippen LogP contribution in [0.1, 0.15) is 27.2 Å². The molecule has 0 radical (unpaired) electrons. The molecule has 0 aromatic heterocycles. The number of methoxy groups -OCH3 is 1. The third-order valence-corrected chi connectivity index (χ3v) is 1.65. The maximum Gasteiger partial charge on any atom is 0.207 e. The van der Waals surface area contributed by atoms with Gasteiger partial charge >= 0.3 is 0 Å². The van der Waals surface area contributed by atoms with Crippen LogP contribution in [-0.2, 0) is 9.53 Å². The van der Waals surface area contributed by atoms with E-state index in [0.29, 0.717) is 19.4 Å². The molecule has 0 fully saturated rings. The zero-order valence-electron chi connectivity index (χ0n) is 10.1. The number of aliphatic hydroxyl groups is 1. The zero-order chi connectivity index (χ0) is 12.3. The van der Waals surface area contributed by atoms with Crippen LogP contribution in [-0.4, -0.2) is 43.4 Å². The SMILES string of the molecule is COC(C)(C)C.NCCC(CO)NC=O. The van der Waals surface area contributed by atoms with Gasteiger partial charge in [-0.05, 0) is 33.7 Å². The van der Waals surface area contributed by atoms with Crippen molar-refractivity contribution in [1.82, 2.24) is 5.32 Å². The van der Waals surface area contributed by atoms with E-state index < -0.39 is 0 Å². The smallest absolute Gasteiger partial charge is 0.207 e. The lowest BCUT2D eigenvalue weighted by Gasteiger charge is -2.14. The third kappa shape index (κ3) is 16.1. The summed E-state index contributed by atoms with van der Waals surface area (Å²) in [5.74, 6) is 0. The first kappa shape index (κ1) is 16.8. The van der Waals surface area contributed by atoms with Gasteiger partial charge < -0.3 is 20.9 Å². The molecule has 1 atom stereocenters. The normalized spacial score (nSPS) is 12.4. The average molecular weight is 220 g/mol. The van der Waals surface area contributed by atoms with Crippen LogP contribution in [0.15, 0.2) is 0 Å².